The van der Waals surface area contributed by atoms with Gasteiger partial charge in [-0.3, -0.25) is 0 Å². The molecule has 2 aliphatic carbocycles. The van der Waals surface area contributed by atoms with Crippen molar-refractivity contribution in [1.29, 1.82) is 0 Å². The van der Waals surface area contributed by atoms with Gasteiger partial charge in [-0.1, -0.05) is 70.1 Å². The molecule has 0 saturated heterocycles. The maximum Gasteiger partial charge on any atom is 0.192 e. The van der Waals surface area contributed by atoms with Gasteiger partial charge in [0, 0.05) is 10.5 Å². The first-order chi connectivity index (χ1) is 10.5. The Labute approximate surface area is 160 Å². The smallest absolute Gasteiger partial charge is 0.192 e. The maximum absolute atomic E-state index is 6.98. The lowest BCUT2D eigenvalue weighted by Crippen LogP contribution is -2.54. The molecule has 1 unspecified atom stereocenters. The zero-order valence-corrected chi connectivity index (χ0v) is 19.7. The van der Waals surface area contributed by atoms with E-state index in [9.17, 15) is 0 Å². The van der Waals surface area contributed by atoms with E-state index in [1.807, 2.05) is 0 Å². The topological polar surface area (TPSA) is 9.23 Å². The Balaban J connectivity index is 2.21. The van der Waals surface area contributed by atoms with E-state index < -0.39 is 8.32 Å². The van der Waals surface area contributed by atoms with Crippen molar-refractivity contribution in [2.24, 2.45) is 23.2 Å². The van der Waals surface area contributed by atoms with Crippen LogP contribution >= 0.6 is 22.6 Å². The third-order valence-corrected chi connectivity index (χ3v) is 13.5. The molecule has 0 radical (unpaired) electrons. The van der Waals surface area contributed by atoms with E-state index in [4.69, 9.17) is 4.43 Å². The minimum Gasteiger partial charge on any atom is -0.414 e. The van der Waals surface area contributed by atoms with Crippen molar-refractivity contribution in [2.75, 3.05) is 4.43 Å². The van der Waals surface area contributed by atoms with Crippen LogP contribution in [0.25, 0.3) is 0 Å². The van der Waals surface area contributed by atoms with E-state index in [2.05, 4.69) is 70.3 Å². The SMILES string of the molecule is CC(CI)[C@H]1CCC[C@H]2[C@@H](O[Si](C)(C)C(C)(C)C)CCC[C@]12C. The van der Waals surface area contributed by atoms with Crippen LogP contribution < -0.4 is 0 Å². The molecule has 0 aliphatic heterocycles. The molecule has 23 heavy (non-hydrogen) atoms. The van der Waals surface area contributed by atoms with Gasteiger partial charge in [-0.15, -0.1) is 0 Å². The molecular formula is C20H39IOSi. The molecule has 2 fully saturated rings. The fourth-order valence-electron chi connectivity index (χ4n) is 5.10. The number of halogens is 1. The summed E-state index contributed by atoms with van der Waals surface area (Å²) in [5, 5.41) is 0.324. The minimum atomic E-state index is -1.66. The van der Waals surface area contributed by atoms with E-state index in [0.29, 0.717) is 16.6 Å². The summed E-state index contributed by atoms with van der Waals surface area (Å²) < 4.78 is 8.28. The first-order valence-electron chi connectivity index (χ1n) is 9.77. The van der Waals surface area contributed by atoms with Gasteiger partial charge >= 0.3 is 0 Å². The molecule has 1 nitrogen and oxygen atoms in total. The van der Waals surface area contributed by atoms with E-state index in [-0.39, 0.29) is 0 Å². The lowest BCUT2D eigenvalue weighted by molar-refractivity contribution is -0.0837. The summed E-state index contributed by atoms with van der Waals surface area (Å²) in [6.45, 7) is 17.1. The van der Waals surface area contributed by atoms with Crippen molar-refractivity contribution in [3.63, 3.8) is 0 Å². The van der Waals surface area contributed by atoms with Crippen molar-refractivity contribution in [3.05, 3.63) is 0 Å². The van der Waals surface area contributed by atoms with Crippen LogP contribution in [0.15, 0.2) is 0 Å². The van der Waals surface area contributed by atoms with Crippen molar-refractivity contribution >= 4 is 30.9 Å². The Morgan fingerprint density at radius 2 is 1.83 bits per heavy atom. The van der Waals surface area contributed by atoms with Crippen molar-refractivity contribution in [1.82, 2.24) is 0 Å². The summed E-state index contributed by atoms with van der Waals surface area (Å²) in [5.41, 5.74) is 0.522. The van der Waals surface area contributed by atoms with Crippen LogP contribution in [0.2, 0.25) is 18.1 Å². The zero-order valence-electron chi connectivity index (χ0n) is 16.5. The molecule has 2 saturated carbocycles. The van der Waals surface area contributed by atoms with Gasteiger partial charge in [-0.25, -0.2) is 0 Å². The molecular weight excluding hydrogens is 411 g/mol. The molecule has 136 valence electrons. The zero-order chi connectivity index (χ0) is 17.5. The van der Waals surface area contributed by atoms with Gasteiger partial charge in [-0.2, -0.15) is 0 Å². The van der Waals surface area contributed by atoms with E-state index >= 15 is 0 Å². The molecule has 0 N–H and O–H groups in total. The number of rotatable bonds is 4. The predicted molar refractivity (Wildman–Crippen MR) is 113 cm³/mol. The minimum absolute atomic E-state index is 0.324. The fraction of sp³-hybridized carbons (Fsp3) is 1.00. The van der Waals surface area contributed by atoms with Crippen LogP contribution in [0.3, 0.4) is 0 Å². The molecule has 3 heteroatoms. The Kier molecular flexibility index (Phi) is 6.39. The molecule has 0 aromatic carbocycles. The van der Waals surface area contributed by atoms with Crippen LogP contribution in [-0.4, -0.2) is 18.8 Å². The third-order valence-electron chi connectivity index (χ3n) is 7.56. The van der Waals surface area contributed by atoms with Crippen LogP contribution in [-0.2, 0) is 4.43 Å². The summed E-state index contributed by atoms with van der Waals surface area (Å²) in [6, 6.07) is 0. The summed E-state index contributed by atoms with van der Waals surface area (Å²) in [7, 11) is -1.66. The van der Waals surface area contributed by atoms with Gasteiger partial charge in [-0.05, 0) is 67.0 Å². The third kappa shape index (κ3) is 4.02. The molecule has 5 atom stereocenters. The van der Waals surface area contributed by atoms with Crippen molar-refractivity contribution in [3.8, 4) is 0 Å². The van der Waals surface area contributed by atoms with E-state index in [0.717, 1.165) is 17.8 Å². The largest absolute Gasteiger partial charge is 0.414 e. The summed E-state index contributed by atoms with van der Waals surface area (Å²) >= 11 is 2.60. The maximum atomic E-state index is 6.98. The van der Waals surface area contributed by atoms with Gasteiger partial charge in [0.2, 0.25) is 0 Å². The van der Waals surface area contributed by atoms with E-state index in [1.54, 1.807) is 0 Å². The number of hydrogen-bond acceptors (Lipinski definition) is 1. The second-order valence-corrected chi connectivity index (χ2v) is 15.7. The number of hydrogen-bond donors (Lipinski definition) is 0. The predicted octanol–water partition coefficient (Wildman–Crippen LogP) is 7.05. The first kappa shape index (κ1) is 20.2. The average Bonchev–Trinajstić information content (AvgIpc) is 2.44. The summed E-state index contributed by atoms with van der Waals surface area (Å²) in [6.07, 6.45) is 8.90. The highest BCUT2D eigenvalue weighted by Crippen LogP contribution is 2.57. The Morgan fingerprint density at radius 3 is 2.39 bits per heavy atom. The van der Waals surface area contributed by atoms with Gasteiger partial charge < -0.3 is 4.43 Å². The monoisotopic (exact) mass is 450 g/mol. The molecule has 0 bridgehead atoms. The molecule has 0 heterocycles. The molecule has 0 aromatic rings. The Bertz CT molecular complexity index is 403. The molecule has 2 aliphatic rings. The van der Waals surface area contributed by atoms with Crippen LogP contribution in [0.1, 0.15) is 73.1 Å². The van der Waals surface area contributed by atoms with Crippen molar-refractivity contribution < 1.29 is 4.43 Å². The van der Waals surface area contributed by atoms with Crippen molar-refractivity contribution in [2.45, 2.75) is 97.4 Å². The number of fused-ring (bicyclic) bond motifs is 1. The van der Waals surface area contributed by atoms with Gasteiger partial charge in [0.25, 0.3) is 0 Å². The molecule has 0 spiro atoms. The van der Waals surface area contributed by atoms with Crippen LogP contribution in [0, 0.1) is 23.2 Å². The van der Waals surface area contributed by atoms with E-state index in [1.165, 1.54) is 43.0 Å². The van der Waals surface area contributed by atoms with Crippen LogP contribution in [0.4, 0.5) is 0 Å². The second-order valence-electron chi connectivity index (χ2n) is 10.1. The first-order valence-corrected chi connectivity index (χ1v) is 14.2. The van der Waals surface area contributed by atoms with Gasteiger partial charge in [0.15, 0.2) is 8.32 Å². The normalized spacial score (nSPS) is 37.3. The van der Waals surface area contributed by atoms with Gasteiger partial charge in [0.1, 0.15) is 0 Å². The molecule has 0 aromatic heterocycles. The fourth-order valence-corrected chi connectivity index (χ4v) is 7.10. The lowest BCUT2D eigenvalue weighted by Gasteiger charge is -2.56. The lowest BCUT2D eigenvalue weighted by atomic mass is 9.52. The Morgan fingerprint density at radius 1 is 1.17 bits per heavy atom. The number of alkyl halides is 1. The Hall–Kier alpha value is 0.907. The highest BCUT2D eigenvalue weighted by atomic mass is 127. The van der Waals surface area contributed by atoms with Gasteiger partial charge in [0.05, 0.1) is 0 Å². The highest BCUT2D eigenvalue weighted by Gasteiger charge is 2.52. The second kappa shape index (κ2) is 7.26. The molecule has 2 rings (SSSR count). The summed E-state index contributed by atoms with van der Waals surface area (Å²) in [5.74, 6) is 2.56. The molecule has 0 amide bonds. The average molecular weight is 451 g/mol. The quantitative estimate of drug-likeness (QED) is 0.253. The summed E-state index contributed by atoms with van der Waals surface area (Å²) in [4.78, 5) is 0. The standard InChI is InChI=1S/C20H39IOSi/c1-15(14-21)16-10-8-11-17-18(12-9-13-20(16,17)5)22-23(6,7)19(2,3)4/h15-18H,8-14H2,1-7H3/t15?,16-,17+,18+,20-/m1/s1. The highest BCUT2D eigenvalue weighted by molar-refractivity contribution is 14.1. The van der Waals surface area contributed by atoms with Crippen LogP contribution in [0.5, 0.6) is 0 Å².